The molecule has 1 aliphatic carbocycles. The zero-order chi connectivity index (χ0) is 31.0. The first-order valence-electron chi connectivity index (χ1n) is 16.2. The van der Waals surface area contributed by atoms with Crippen molar-refractivity contribution in [2.75, 3.05) is 0 Å². The third-order valence-corrected chi connectivity index (χ3v) is 9.50. The Morgan fingerprint density at radius 2 is 1.09 bits per heavy atom. The molecule has 8 rings (SSSR count). The zero-order valence-electron chi connectivity index (χ0n) is 25.6. The van der Waals surface area contributed by atoms with E-state index < -0.39 is 0 Å². The highest BCUT2D eigenvalue weighted by molar-refractivity contribution is 6.49. The van der Waals surface area contributed by atoms with Crippen LogP contribution >= 0.6 is 0 Å². The van der Waals surface area contributed by atoms with Crippen LogP contribution in [0.3, 0.4) is 0 Å². The minimum absolute atomic E-state index is 0.0574. The van der Waals surface area contributed by atoms with Gasteiger partial charge in [-0.2, -0.15) is 0 Å². The minimum atomic E-state index is -0.175. The zero-order valence-corrected chi connectivity index (χ0v) is 25.6. The van der Waals surface area contributed by atoms with E-state index in [1.54, 1.807) is 4.90 Å². The van der Waals surface area contributed by atoms with Gasteiger partial charge in [-0.15, -0.1) is 0 Å². The molecule has 2 heterocycles. The van der Waals surface area contributed by atoms with E-state index in [1.807, 2.05) is 66.7 Å². The first-order chi connectivity index (χ1) is 22.7. The monoisotopic (exact) mass is 598 g/mol. The lowest BCUT2D eigenvalue weighted by Gasteiger charge is -2.30. The van der Waals surface area contributed by atoms with Gasteiger partial charge in [0.05, 0.1) is 22.2 Å². The summed E-state index contributed by atoms with van der Waals surface area (Å²) in [6.45, 7) is 0. The van der Waals surface area contributed by atoms with Gasteiger partial charge in [0, 0.05) is 22.5 Å². The molecular weight excluding hydrogens is 564 g/mol. The number of hydrogen-bond donors (Lipinski definition) is 0. The van der Waals surface area contributed by atoms with Crippen LogP contribution in [0.4, 0.5) is 0 Å². The maximum Gasteiger partial charge on any atom is 0.262 e. The highest BCUT2D eigenvalue weighted by atomic mass is 16.2. The Kier molecular flexibility index (Phi) is 7.18. The van der Waals surface area contributed by atoms with Crippen molar-refractivity contribution in [1.29, 1.82) is 0 Å². The average Bonchev–Trinajstić information content (AvgIpc) is 3.58. The molecule has 46 heavy (non-hydrogen) atoms. The summed E-state index contributed by atoms with van der Waals surface area (Å²) in [5.74, 6) is -0.350. The van der Waals surface area contributed by atoms with Crippen LogP contribution in [-0.4, -0.2) is 27.3 Å². The minimum Gasteiger partial charge on any atom is -0.309 e. The maximum absolute atomic E-state index is 14.4. The van der Waals surface area contributed by atoms with E-state index >= 15 is 0 Å². The molecular formula is C42H34N2O2. The number of benzene rings is 5. The van der Waals surface area contributed by atoms with Crippen LogP contribution in [0.5, 0.6) is 0 Å². The van der Waals surface area contributed by atoms with Gasteiger partial charge in [0.2, 0.25) is 0 Å². The van der Waals surface area contributed by atoms with Crippen LogP contribution in [0.25, 0.3) is 50.8 Å². The molecule has 0 radical (unpaired) electrons. The molecule has 0 spiro atoms. The van der Waals surface area contributed by atoms with E-state index in [1.165, 1.54) is 0 Å². The highest BCUT2D eigenvalue weighted by Crippen LogP contribution is 2.41. The Hall–Kier alpha value is -5.48. The summed E-state index contributed by atoms with van der Waals surface area (Å²) >= 11 is 0. The van der Waals surface area contributed by atoms with E-state index in [9.17, 15) is 9.59 Å². The predicted octanol–water partition coefficient (Wildman–Crippen LogP) is 9.57. The summed E-state index contributed by atoms with van der Waals surface area (Å²) in [5.41, 5.74) is 7.96. The number of carbonyl (C=O) groups excluding carboxylic acids is 2. The fraction of sp³-hybridized carbons (Fsp3) is 0.143. The molecule has 4 heteroatoms. The Balaban J connectivity index is 1.26. The molecule has 1 fully saturated rings. The van der Waals surface area contributed by atoms with Crippen molar-refractivity contribution in [2.24, 2.45) is 0 Å². The molecule has 5 aromatic carbocycles. The molecule has 2 aliphatic rings. The molecule has 1 aliphatic heterocycles. The van der Waals surface area contributed by atoms with E-state index in [4.69, 9.17) is 0 Å². The summed E-state index contributed by atoms with van der Waals surface area (Å²) in [5, 5.41) is 2.17. The number of para-hydroxylation sites is 2. The molecule has 1 aromatic heterocycles. The first-order valence-corrected chi connectivity index (χ1v) is 16.2. The summed E-state index contributed by atoms with van der Waals surface area (Å²) < 4.78 is 2.27. The number of rotatable bonds is 6. The van der Waals surface area contributed by atoms with E-state index in [0.29, 0.717) is 11.1 Å². The summed E-state index contributed by atoms with van der Waals surface area (Å²) in [4.78, 5) is 30.2. The maximum atomic E-state index is 14.4. The van der Waals surface area contributed by atoms with Crippen LogP contribution < -0.4 is 0 Å². The highest BCUT2D eigenvalue weighted by Gasteiger charge is 2.43. The van der Waals surface area contributed by atoms with Gasteiger partial charge in [0.25, 0.3) is 11.8 Å². The third-order valence-electron chi connectivity index (χ3n) is 9.50. The molecule has 2 amide bonds. The second kappa shape index (κ2) is 11.8. The van der Waals surface area contributed by atoms with E-state index in [0.717, 1.165) is 81.9 Å². The smallest absolute Gasteiger partial charge is 0.262 e. The fourth-order valence-corrected chi connectivity index (χ4v) is 7.25. The van der Waals surface area contributed by atoms with Crippen LogP contribution in [0.1, 0.15) is 54.4 Å². The number of fused-ring (bicyclic) bond motifs is 3. The first kappa shape index (κ1) is 28.0. The Morgan fingerprint density at radius 1 is 0.522 bits per heavy atom. The number of imide groups is 1. The molecule has 0 bridgehead atoms. The molecule has 6 aromatic rings. The predicted molar refractivity (Wildman–Crippen MR) is 188 cm³/mol. The Morgan fingerprint density at radius 3 is 1.80 bits per heavy atom. The fourth-order valence-electron chi connectivity index (χ4n) is 7.25. The molecule has 0 N–H and O–H groups in total. The number of carbonyl (C=O) groups is 2. The third kappa shape index (κ3) is 4.87. The molecule has 0 saturated heterocycles. The van der Waals surface area contributed by atoms with Crippen molar-refractivity contribution in [3.8, 4) is 5.69 Å². The lowest BCUT2D eigenvalue weighted by atomic mass is 9.94. The molecule has 0 unspecified atom stereocenters. The van der Waals surface area contributed by atoms with Crippen LogP contribution in [-0.2, 0) is 9.59 Å². The largest absolute Gasteiger partial charge is 0.309 e. The van der Waals surface area contributed by atoms with Crippen molar-refractivity contribution < 1.29 is 9.59 Å². The van der Waals surface area contributed by atoms with Gasteiger partial charge in [0.15, 0.2) is 0 Å². The molecule has 0 atom stereocenters. The SMILES string of the molecule is O=C1C(c2ccc(/C=C/c3ccccc3)cc2)=C(c2ccc3c(c2)c2ccccc2n3-c2ccccc2)C(=O)N1C1CCCCC1. The second-order valence-electron chi connectivity index (χ2n) is 12.3. The average molecular weight is 599 g/mol. The number of hydrogen-bond acceptors (Lipinski definition) is 2. The molecule has 224 valence electrons. The van der Waals surface area contributed by atoms with Crippen LogP contribution in [0, 0.1) is 0 Å². The Bertz CT molecular complexity index is 2150. The topological polar surface area (TPSA) is 42.3 Å². The Labute approximate surface area is 268 Å². The van der Waals surface area contributed by atoms with Crippen LogP contribution in [0.2, 0.25) is 0 Å². The van der Waals surface area contributed by atoms with Gasteiger partial charge in [-0.1, -0.05) is 128 Å². The summed E-state index contributed by atoms with van der Waals surface area (Å²) in [6, 6.07) is 43.1. The molecule has 1 saturated carbocycles. The second-order valence-corrected chi connectivity index (χ2v) is 12.3. The van der Waals surface area contributed by atoms with Gasteiger partial charge < -0.3 is 4.57 Å². The van der Waals surface area contributed by atoms with Crippen molar-refractivity contribution in [3.05, 3.63) is 150 Å². The van der Waals surface area contributed by atoms with Gasteiger partial charge >= 0.3 is 0 Å². The quantitative estimate of drug-likeness (QED) is 0.142. The summed E-state index contributed by atoms with van der Waals surface area (Å²) in [7, 11) is 0. The van der Waals surface area contributed by atoms with Gasteiger partial charge in [-0.25, -0.2) is 0 Å². The lowest BCUT2D eigenvalue weighted by molar-refractivity contribution is -0.139. The van der Waals surface area contributed by atoms with Crippen molar-refractivity contribution >= 4 is 56.9 Å². The standard InChI is InChI=1S/C42H34N2O2/c45-41-39(31-24-22-30(23-25-31)21-20-29-12-4-1-5-13-29)40(42(46)44(41)34-16-8-3-9-17-34)32-26-27-38-36(28-32)35-18-10-11-19-37(35)43(38)33-14-6-2-7-15-33/h1-2,4-7,10-15,18-28,34H,3,8-9,16-17H2/b21-20+. The van der Waals surface area contributed by atoms with Crippen molar-refractivity contribution in [1.82, 2.24) is 9.47 Å². The molecule has 4 nitrogen and oxygen atoms in total. The van der Waals surface area contributed by atoms with E-state index in [-0.39, 0.29) is 17.9 Å². The van der Waals surface area contributed by atoms with Crippen LogP contribution in [0.15, 0.2) is 127 Å². The lowest BCUT2D eigenvalue weighted by Crippen LogP contribution is -2.42. The number of nitrogens with zero attached hydrogens (tertiary/aromatic N) is 2. The van der Waals surface area contributed by atoms with Gasteiger partial charge in [0.1, 0.15) is 0 Å². The summed E-state index contributed by atoms with van der Waals surface area (Å²) in [6.07, 6.45) is 9.12. The van der Waals surface area contributed by atoms with Crippen molar-refractivity contribution in [3.63, 3.8) is 0 Å². The van der Waals surface area contributed by atoms with Crippen molar-refractivity contribution in [2.45, 2.75) is 38.1 Å². The van der Waals surface area contributed by atoms with E-state index in [2.05, 4.69) is 77.4 Å². The normalized spacial score (nSPS) is 16.0. The van der Waals surface area contributed by atoms with Gasteiger partial charge in [-0.3, -0.25) is 14.5 Å². The number of amides is 2. The number of aromatic nitrogens is 1. The van der Waals surface area contributed by atoms with Gasteiger partial charge in [-0.05, 0) is 65.4 Å².